The Morgan fingerprint density at radius 1 is 1.54 bits per heavy atom. The molecular formula is C10H10O3. The molecule has 0 saturated carbocycles. The van der Waals surface area contributed by atoms with Crippen molar-refractivity contribution in [1.29, 1.82) is 0 Å². The minimum Gasteiger partial charge on any atom is -0.507 e. The smallest absolute Gasteiger partial charge is 0.163 e. The highest BCUT2D eigenvalue weighted by Crippen LogP contribution is 2.32. The minimum atomic E-state index is -0.143. The van der Waals surface area contributed by atoms with Crippen molar-refractivity contribution in [2.75, 3.05) is 6.61 Å². The van der Waals surface area contributed by atoms with Crippen LogP contribution in [0.1, 0.15) is 22.8 Å². The van der Waals surface area contributed by atoms with Crippen LogP contribution in [0.5, 0.6) is 11.5 Å². The van der Waals surface area contributed by atoms with Crippen LogP contribution in [-0.2, 0) is 6.42 Å². The number of phenols is 1. The van der Waals surface area contributed by atoms with Gasteiger partial charge in [0.25, 0.3) is 0 Å². The third-order valence-electron chi connectivity index (χ3n) is 2.19. The molecular weight excluding hydrogens is 168 g/mol. The predicted octanol–water partition coefficient (Wildman–Crippen LogP) is 1.53. The molecule has 0 aromatic heterocycles. The zero-order chi connectivity index (χ0) is 9.42. The Balaban J connectivity index is 2.55. The molecule has 0 saturated heterocycles. The Morgan fingerprint density at radius 2 is 2.31 bits per heavy atom. The first kappa shape index (κ1) is 8.10. The molecule has 0 unspecified atom stereocenters. The second-order valence-electron chi connectivity index (χ2n) is 3.13. The lowest BCUT2D eigenvalue weighted by Crippen LogP contribution is -1.93. The molecule has 2 rings (SSSR count). The molecule has 3 nitrogen and oxygen atoms in total. The monoisotopic (exact) mass is 178 g/mol. The van der Waals surface area contributed by atoms with E-state index in [2.05, 4.69) is 0 Å². The van der Waals surface area contributed by atoms with Crippen LogP contribution < -0.4 is 4.74 Å². The first-order chi connectivity index (χ1) is 6.18. The summed E-state index contributed by atoms with van der Waals surface area (Å²) in [5, 5.41) is 9.47. The first-order valence-electron chi connectivity index (χ1n) is 4.18. The van der Waals surface area contributed by atoms with Crippen molar-refractivity contribution in [3.63, 3.8) is 0 Å². The molecule has 1 aliphatic rings. The van der Waals surface area contributed by atoms with Crippen LogP contribution in [0.25, 0.3) is 0 Å². The molecule has 0 amide bonds. The van der Waals surface area contributed by atoms with Crippen molar-refractivity contribution in [2.24, 2.45) is 0 Å². The SMILES string of the molecule is CC(=O)c1cc2c(cc1O)CCO2. The zero-order valence-corrected chi connectivity index (χ0v) is 7.33. The van der Waals surface area contributed by atoms with Crippen molar-refractivity contribution in [1.82, 2.24) is 0 Å². The molecule has 0 bridgehead atoms. The summed E-state index contributed by atoms with van der Waals surface area (Å²) in [5.41, 5.74) is 1.31. The molecule has 1 aromatic rings. The van der Waals surface area contributed by atoms with Gasteiger partial charge in [0.2, 0.25) is 0 Å². The molecule has 0 spiro atoms. The number of aromatic hydroxyl groups is 1. The van der Waals surface area contributed by atoms with Gasteiger partial charge in [-0.3, -0.25) is 4.79 Å². The molecule has 0 radical (unpaired) electrons. The van der Waals surface area contributed by atoms with Gasteiger partial charge in [-0.05, 0) is 19.1 Å². The van der Waals surface area contributed by atoms with E-state index in [9.17, 15) is 9.90 Å². The average molecular weight is 178 g/mol. The van der Waals surface area contributed by atoms with Crippen LogP contribution >= 0.6 is 0 Å². The first-order valence-corrected chi connectivity index (χ1v) is 4.18. The van der Waals surface area contributed by atoms with Crippen molar-refractivity contribution < 1.29 is 14.6 Å². The number of hydrogen-bond donors (Lipinski definition) is 1. The molecule has 1 heterocycles. The van der Waals surface area contributed by atoms with Crippen LogP contribution in [0.4, 0.5) is 0 Å². The van der Waals surface area contributed by atoms with Gasteiger partial charge in [-0.25, -0.2) is 0 Å². The van der Waals surface area contributed by atoms with Gasteiger partial charge in [-0.15, -0.1) is 0 Å². The molecule has 68 valence electrons. The third kappa shape index (κ3) is 1.26. The highest BCUT2D eigenvalue weighted by atomic mass is 16.5. The number of Topliss-reactive ketones (excluding diaryl/α,β-unsaturated/α-hetero) is 1. The number of ether oxygens (including phenoxy) is 1. The van der Waals surface area contributed by atoms with Gasteiger partial charge in [-0.2, -0.15) is 0 Å². The molecule has 0 fully saturated rings. The zero-order valence-electron chi connectivity index (χ0n) is 7.33. The molecule has 1 aliphatic heterocycles. The summed E-state index contributed by atoms with van der Waals surface area (Å²) in [6, 6.07) is 3.22. The second kappa shape index (κ2) is 2.76. The highest BCUT2D eigenvalue weighted by molar-refractivity contribution is 5.97. The summed E-state index contributed by atoms with van der Waals surface area (Å²) in [4.78, 5) is 11.1. The Kier molecular flexibility index (Phi) is 1.72. The Labute approximate surface area is 76.0 Å². The largest absolute Gasteiger partial charge is 0.507 e. The maximum Gasteiger partial charge on any atom is 0.163 e. The summed E-state index contributed by atoms with van der Waals surface area (Å²) in [7, 11) is 0. The molecule has 0 aliphatic carbocycles. The van der Waals surface area contributed by atoms with Gasteiger partial charge in [-0.1, -0.05) is 0 Å². The third-order valence-corrected chi connectivity index (χ3v) is 2.19. The summed E-state index contributed by atoms with van der Waals surface area (Å²) in [6.45, 7) is 2.06. The maximum atomic E-state index is 11.1. The number of benzene rings is 1. The van der Waals surface area contributed by atoms with E-state index < -0.39 is 0 Å². The normalized spacial score (nSPS) is 13.6. The molecule has 0 atom stereocenters. The Bertz CT molecular complexity index is 369. The number of carbonyl (C=O) groups is 1. The number of carbonyl (C=O) groups excluding carboxylic acids is 1. The summed E-state index contributed by atoms with van der Waals surface area (Å²) in [6.07, 6.45) is 0.807. The molecule has 13 heavy (non-hydrogen) atoms. The number of ketones is 1. The van der Waals surface area contributed by atoms with Gasteiger partial charge >= 0.3 is 0 Å². The van der Waals surface area contributed by atoms with E-state index in [0.29, 0.717) is 12.2 Å². The van der Waals surface area contributed by atoms with Crippen molar-refractivity contribution in [2.45, 2.75) is 13.3 Å². The van der Waals surface area contributed by atoms with Crippen LogP contribution in [0.3, 0.4) is 0 Å². The number of hydrogen-bond acceptors (Lipinski definition) is 3. The quantitative estimate of drug-likeness (QED) is 0.663. The van der Waals surface area contributed by atoms with E-state index in [-0.39, 0.29) is 11.5 Å². The van der Waals surface area contributed by atoms with Gasteiger partial charge in [0, 0.05) is 12.0 Å². The molecule has 3 heteroatoms. The van der Waals surface area contributed by atoms with E-state index >= 15 is 0 Å². The van der Waals surface area contributed by atoms with Gasteiger partial charge in [0.05, 0.1) is 12.2 Å². The average Bonchev–Trinajstić information content (AvgIpc) is 2.48. The fourth-order valence-corrected chi connectivity index (χ4v) is 1.49. The molecule has 1 N–H and O–H groups in total. The predicted molar refractivity (Wildman–Crippen MR) is 47.3 cm³/mol. The lowest BCUT2D eigenvalue weighted by Gasteiger charge is -2.03. The van der Waals surface area contributed by atoms with E-state index in [4.69, 9.17) is 4.74 Å². The number of fused-ring (bicyclic) bond motifs is 1. The van der Waals surface area contributed by atoms with Crippen molar-refractivity contribution in [3.05, 3.63) is 23.3 Å². The fourth-order valence-electron chi connectivity index (χ4n) is 1.49. The maximum absolute atomic E-state index is 11.1. The van der Waals surface area contributed by atoms with Gasteiger partial charge in [0.15, 0.2) is 5.78 Å². The van der Waals surface area contributed by atoms with Crippen LogP contribution in [0, 0.1) is 0 Å². The lowest BCUT2D eigenvalue weighted by molar-refractivity contribution is 0.101. The minimum absolute atomic E-state index is 0.0525. The Hall–Kier alpha value is -1.51. The number of phenolic OH excluding ortho intramolecular Hbond substituents is 1. The van der Waals surface area contributed by atoms with E-state index in [0.717, 1.165) is 17.7 Å². The van der Waals surface area contributed by atoms with E-state index in [1.54, 1.807) is 12.1 Å². The van der Waals surface area contributed by atoms with Crippen LogP contribution in [0.2, 0.25) is 0 Å². The summed E-state index contributed by atoms with van der Waals surface area (Å²) >= 11 is 0. The van der Waals surface area contributed by atoms with Crippen molar-refractivity contribution in [3.8, 4) is 11.5 Å². The summed E-state index contributed by atoms with van der Waals surface area (Å²) < 4.78 is 5.28. The van der Waals surface area contributed by atoms with E-state index in [1.165, 1.54) is 6.92 Å². The highest BCUT2D eigenvalue weighted by Gasteiger charge is 2.17. The van der Waals surface area contributed by atoms with E-state index in [1.807, 2.05) is 0 Å². The molecule has 1 aromatic carbocycles. The Morgan fingerprint density at radius 3 is 3.00 bits per heavy atom. The fraction of sp³-hybridized carbons (Fsp3) is 0.300. The van der Waals surface area contributed by atoms with Crippen molar-refractivity contribution >= 4 is 5.78 Å². The standard InChI is InChI=1S/C10H10O3/c1-6(11)8-5-10-7(2-3-13-10)4-9(8)12/h4-5,12H,2-3H2,1H3. The number of rotatable bonds is 1. The van der Waals surface area contributed by atoms with Crippen LogP contribution in [-0.4, -0.2) is 17.5 Å². The van der Waals surface area contributed by atoms with Gasteiger partial charge in [0.1, 0.15) is 11.5 Å². The second-order valence-corrected chi connectivity index (χ2v) is 3.13. The topological polar surface area (TPSA) is 46.5 Å². The summed E-state index contributed by atoms with van der Waals surface area (Å²) in [5.74, 6) is 0.635. The lowest BCUT2D eigenvalue weighted by atomic mass is 10.1. The van der Waals surface area contributed by atoms with Crippen LogP contribution in [0.15, 0.2) is 12.1 Å². The van der Waals surface area contributed by atoms with Gasteiger partial charge < -0.3 is 9.84 Å².